The Morgan fingerprint density at radius 3 is 2.57 bits per heavy atom. The molecule has 0 N–H and O–H groups in total. The van der Waals surface area contributed by atoms with E-state index in [1.165, 1.54) is 0 Å². The maximum absolute atomic E-state index is 12.8. The van der Waals surface area contributed by atoms with Gasteiger partial charge in [-0.05, 0) is 0 Å². The van der Waals surface area contributed by atoms with E-state index in [4.69, 9.17) is 14.2 Å². The van der Waals surface area contributed by atoms with Crippen LogP contribution in [0.1, 0.15) is 12.8 Å². The second-order valence-electron chi connectivity index (χ2n) is 4.54. The highest BCUT2D eigenvalue weighted by atomic mass is 32.1. The minimum absolute atomic E-state index is 0.0807. The van der Waals surface area contributed by atoms with E-state index < -0.39 is 30.2 Å². The Kier molecular flexibility index (Phi) is 6.48. The topological polar surface area (TPSA) is 44.8 Å². The summed E-state index contributed by atoms with van der Waals surface area (Å²) < 4.78 is 65.2. The lowest BCUT2D eigenvalue weighted by molar-refractivity contribution is -0.161. The van der Waals surface area contributed by atoms with E-state index in [2.05, 4.69) is 19.2 Å². The summed E-state index contributed by atoms with van der Waals surface area (Å²) in [5.74, 6) is -5.02. The van der Waals surface area contributed by atoms with Crippen molar-refractivity contribution >= 4 is 18.6 Å². The van der Waals surface area contributed by atoms with Gasteiger partial charge in [-0.15, -0.1) is 0 Å². The quantitative estimate of drug-likeness (QED) is 0.244. The van der Waals surface area contributed by atoms with Crippen LogP contribution in [0.5, 0.6) is 0 Å². The second kappa shape index (κ2) is 7.46. The molecular weight excluding hydrogens is 316 g/mol. The van der Waals surface area contributed by atoms with Gasteiger partial charge in [0.2, 0.25) is 0 Å². The molecule has 122 valence electrons. The molecule has 0 aromatic rings. The number of carbonyl (C=O) groups excluding carboxylic acids is 1. The summed E-state index contributed by atoms with van der Waals surface area (Å²) in [7, 11) is 0. The molecule has 0 radical (unpaired) electrons. The number of alkyl halides is 4. The molecule has 21 heavy (non-hydrogen) atoms. The van der Waals surface area contributed by atoms with Gasteiger partial charge in [0.15, 0.2) is 0 Å². The summed E-state index contributed by atoms with van der Waals surface area (Å²) in [6, 6.07) is 0. The van der Waals surface area contributed by atoms with Crippen molar-refractivity contribution in [3.05, 3.63) is 12.2 Å². The van der Waals surface area contributed by atoms with Crippen molar-refractivity contribution in [2.75, 3.05) is 26.4 Å². The van der Waals surface area contributed by atoms with Crippen LogP contribution in [0, 0.1) is 0 Å². The van der Waals surface area contributed by atoms with Gasteiger partial charge < -0.3 is 14.2 Å². The van der Waals surface area contributed by atoms with E-state index in [0.29, 0.717) is 19.6 Å². The minimum atomic E-state index is -4.42. The van der Waals surface area contributed by atoms with E-state index in [1.54, 1.807) is 0 Å². The number of ether oxygens (including phenoxy) is 3. The fraction of sp³-hybridized carbons (Fsp3) is 0.750. The number of esters is 1. The molecule has 9 heteroatoms. The molecule has 0 bridgehead atoms. The Morgan fingerprint density at radius 2 is 2.05 bits per heavy atom. The van der Waals surface area contributed by atoms with E-state index in [0.717, 1.165) is 0 Å². The molecule has 1 aliphatic heterocycles. The van der Waals surface area contributed by atoms with Crippen molar-refractivity contribution in [3.8, 4) is 0 Å². The Balaban J connectivity index is 2.22. The Labute approximate surface area is 124 Å². The molecule has 0 saturated carbocycles. The maximum Gasteiger partial charge on any atom is 0.353 e. The van der Waals surface area contributed by atoms with Crippen molar-refractivity contribution in [1.82, 2.24) is 0 Å². The average molecular weight is 332 g/mol. The molecule has 0 spiro atoms. The lowest BCUT2D eigenvalue weighted by Gasteiger charge is -2.21. The molecule has 1 rings (SSSR count). The Bertz CT molecular complexity index is 378. The van der Waals surface area contributed by atoms with Crippen molar-refractivity contribution < 1.29 is 36.6 Å². The van der Waals surface area contributed by atoms with Crippen LogP contribution in [0.2, 0.25) is 0 Å². The molecule has 1 unspecified atom stereocenters. The van der Waals surface area contributed by atoms with Crippen LogP contribution in [0.3, 0.4) is 0 Å². The van der Waals surface area contributed by atoms with Gasteiger partial charge in [-0.3, -0.25) is 0 Å². The van der Waals surface area contributed by atoms with Gasteiger partial charge in [0, 0.05) is 12.8 Å². The van der Waals surface area contributed by atoms with Crippen LogP contribution in [0.25, 0.3) is 0 Å². The van der Waals surface area contributed by atoms with Crippen molar-refractivity contribution in [2.24, 2.45) is 0 Å². The third kappa shape index (κ3) is 5.84. The fourth-order valence-corrected chi connectivity index (χ4v) is 1.56. The highest BCUT2D eigenvalue weighted by Crippen LogP contribution is 2.39. The largest absolute Gasteiger partial charge is 0.456 e. The summed E-state index contributed by atoms with van der Waals surface area (Å²) in [6.45, 7) is 3.14. The second-order valence-corrected chi connectivity index (χ2v) is 5.10. The van der Waals surface area contributed by atoms with Crippen LogP contribution in [0.15, 0.2) is 12.2 Å². The van der Waals surface area contributed by atoms with E-state index in [9.17, 15) is 22.4 Å². The monoisotopic (exact) mass is 332 g/mol. The highest BCUT2D eigenvalue weighted by molar-refractivity contribution is 7.81. The predicted molar refractivity (Wildman–Crippen MR) is 68.8 cm³/mol. The molecule has 0 aromatic carbocycles. The van der Waals surface area contributed by atoms with Crippen molar-refractivity contribution in [3.63, 3.8) is 0 Å². The van der Waals surface area contributed by atoms with Gasteiger partial charge in [-0.1, -0.05) is 19.2 Å². The molecule has 1 saturated heterocycles. The SMILES string of the molecule is C=C(COCCC(F)(F)C(F)(F)S)C(=O)OC1CCOC1. The van der Waals surface area contributed by atoms with Crippen LogP contribution in [-0.2, 0) is 19.0 Å². The molecule has 1 heterocycles. The van der Waals surface area contributed by atoms with Gasteiger partial charge in [0.05, 0.1) is 32.0 Å². The molecule has 1 aliphatic rings. The van der Waals surface area contributed by atoms with Gasteiger partial charge in [0.1, 0.15) is 6.10 Å². The first kappa shape index (κ1) is 18.2. The zero-order valence-electron chi connectivity index (χ0n) is 11.1. The standard InChI is InChI=1S/C12H16F4O4S/c1-8(10(17)20-9-2-4-18-7-9)6-19-5-3-11(13,14)12(15,16)21/h9,21H,1-7H2. The average Bonchev–Trinajstić information content (AvgIpc) is 2.85. The van der Waals surface area contributed by atoms with E-state index in [-0.39, 0.29) is 18.3 Å². The Hall–Kier alpha value is -0.800. The summed E-state index contributed by atoms with van der Waals surface area (Å²) in [4.78, 5) is 11.5. The first-order valence-electron chi connectivity index (χ1n) is 6.16. The number of halogens is 4. The molecule has 0 amide bonds. The molecular formula is C12H16F4O4S. The van der Waals surface area contributed by atoms with Crippen LogP contribution >= 0.6 is 12.6 Å². The summed E-state index contributed by atoms with van der Waals surface area (Å²) in [6.07, 6.45) is -1.01. The molecule has 0 aromatic heterocycles. The number of thiol groups is 1. The predicted octanol–water partition coefficient (Wildman–Crippen LogP) is 2.44. The summed E-state index contributed by atoms with van der Waals surface area (Å²) >= 11 is 2.53. The zero-order valence-corrected chi connectivity index (χ0v) is 12.0. The first-order valence-corrected chi connectivity index (χ1v) is 6.60. The maximum atomic E-state index is 12.8. The first-order chi connectivity index (χ1) is 9.63. The molecule has 1 atom stereocenters. The third-order valence-corrected chi connectivity index (χ3v) is 3.05. The van der Waals surface area contributed by atoms with Crippen LogP contribution < -0.4 is 0 Å². The van der Waals surface area contributed by atoms with Gasteiger partial charge in [-0.25, -0.2) is 4.79 Å². The van der Waals surface area contributed by atoms with Gasteiger partial charge in [-0.2, -0.15) is 17.6 Å². The van der Waals surface area contributed by atoms with Crippen LogP contribution in [0.4, 0.5) is 17.6 Å². The lowest BCUT2D eigenvalue weighted by Crippen LogP contribution is -2.36. The van der Waals surface area contributed by atoms with Gasteiger partial charge >= 0.3 is 17.1 Å². The van der Waals surface area contributed by atoms with Crippen LogP contribution in [-0.4, -0.2) is 49.7 Å². The minimum Gasteiger partial charge on any atom is -0.456 e. The highest BCUT2D eigenvalue weighted by Gasteiger charge is 2.52. The molecule has 1 fully saturated rings. The van der Waals surface area contributed by atoms with Crippen molar-refractivity contribution in [1.29, 1.82) is 0 Å². The summed E-state index contributed by atoms with van der Waals surface area (Å²) in [5, 5.41) is -4.42. The van der Waals surface area contributed by atoms with Crippen molar-refractivity contribution in [2.45, 2.75) is 30.1 Å². The normalized spacial score (nSPS) is 19.6. The third-order valence-electron chi connectivity index (χ3n) is 2.73. The molecule has 0 aliphatic carbocycles. The number of hydrogen-bond donors (Lipinski definition) is 1. The molecule has 4 nitrogen and oxygen atoms in total. The van der Waals surface area contributed by atoms with Gasteiger partial charge in [0.25, 0.3) is 0 Å². The number of hydrogen-bond acceptors (Lipinski definition) is 5. The number of rotatable bonds is 8. The van der Waals surface area contributed by atoms with E-state index >= 15 is 0 Å². The van der Waals surface area contributed by atoms with E-state index in [1.807, 2.05) is 0 Å². The summed E-state index contributed by atoms with van der Waals surface area (Å²) in [5.41, 5.74) is -0.0807. The smallest absolute Gasteiger partial charge is 0.353 e. The zero-order chi connectivity index (χ0) is 16.1. The Morgan fingerprint density at radius 1 is 1.38 bits per heavy atom. The number of carbonyl (C=O) groups is 1. The fourth-order valence-electron chi connectivity index (χ4n) is 1.45. The lowest BCUT2D eigenvalue weighted by atomic mass is 10.2.